The van der Waals surface area contributed by atoms with Gasteiger partial charge in [0, 0.05) is 0 Å². The Morgan fingerprint density at radius 3 is 1.23 bits per heavy atom. The van der Waals surface area contributed by atoms with E-state index in [1.807, 2.05) is 45.9 Å². The van der Waals surface area contributed by atoms with Gasteiger partial charge >= 0.3 is 0 Å². The Labute approximate surface area is 82.8 Å². The Balaban J connectivity index is -0.000000144. The molecule has 0 amide bonds. The zero-order chi connectivity index (χ0) is 11.1. The topological polar surface area (TPSA) is 0 Å². The third-order valence-corrected chi connectivity index (χ3v) is 0.940. The van der Waals surface area contributed by atoms with Gasteiger partial charge in [-0.25, -0.2) is 0 Å². The van der Waals surface area contributed by atoms with Crippen LogP contribution in [0.25, 0.3) is 0 Å². The fraction of sp³-hybridized carbons (Fsp3) is 0.500. The summed E-state index contributed by atoms with van der Waals surface area (Å²) >= 11 is 0. The van der Waals surface area contributed by atoms with Crippen LogP contribution >= 0.6 is 0 Å². The van der Waals surface area contributed by atoms with Crippen molar-refractivity contribution in [3.05, 3.63) is 35.9 Å². The van der Waals surface area contributed by atoms with E-state index in [0.29, 0.717) is 7.18 Å². The molecule has 13 heavy (non-hydrogen) atoms. The predicted molar refractivity (Wildman–Crippen MR) is 60.9 cm³/mol. The molecule has 0 radical (unpaired) electrons. The Morgan fingerprint density at radius 1 is 0.769 bits per heavy atom. The number of benzene rings is 1. The van der Waals surface area contributed by atoms with Gasteiger partial charge in [0.25, 0.3) is 0 Å². The second-order valence-corrected chi connectivity index (χ2v) is 1.65. The molecule has 0 saturated heterocycles. The summed E-state index contributed by atoms with van der Waals surface area (Å²) in [5.41, 5.74) is 1.32. The van der Waals surface area contributed by atoms with E-state index in [-0.39, 0.29) is 0 Å². The van der Waals surface area contributed by atoms with Gasteiger partial charge in [-0.15, -0.1) is 0 Å². The van der Waals surface area contributed by atoms with Crippen molar-refractivity contribution < 1.29 is 4.39 Å². The standard InChI is InChI=1S/C7H8.2C2H6.CH3F/c1-7-5-3-2-4-6-7;3*1-2/h2-6H,1H3;2*1-2H3;1H3. The van der Waals surface area contributed by atoms with Crippen molar-refractivity contribution in [1.29, 1.82) is 0 Å². The highest BCUT2D eigenvalue weighted by Gasteiger charge is 1.72. The maximum atomic E-state index is 9.50. The van der Waals surface area contributed by atoms with Gasteiger partial charge in [0.1, 0.15) is 0 Å². The van der Waals surface area contributed by atoms with Crippen molar-refractivity contribution in [2.45, 2.75) is 34.6 Å². The van der Waals surface area contributed by atoms with E-state index < -0.39 is 0 Å². The lowest BCUT2D eigenvalue weighted by atomic mass is 10.2. The lowest BCUT2D eigenvalue weighted by Crippen LogP contribution is -1.62. The Kier molecular flexibility index (Phi) is 31.2. The number of alkyl halides is 1. The van der Waals surface area contributed by atoms with Crippen LogP contribution < -0.4 is 0 Å². The largest absolute Gasteiger partial charge is 0.255 e. The van der Waals surface area contributed by atoms with Crippen LogP contribution in [0, 0.1) is 6.92 Å². The number of hydrogen-bond acceptors (Lipinski definition) is 0. The molecule has 1 rings (SSSR count). The quantitative estimate of drug-likeness (QED) is 0.554. The van der Waals surface area contributed by atoms with Gasteiger partial charge in [-0.1, -0.05) is 63.6 Å². The van der Waals surface area contributed by atoms with Gasteiger partial charge in [-0.2, -0.15) is 0 Å². The number of aryl methyl sites for hydroxylation is 1. The van der Waals surface area contributed by atoms with E-state index >= 15 is 0 Å². The van der Waals surface area contributed by atoms with Crippen LogP contribution in [0.3, 0.4) is 0 Å². The first-order valence-corrected chi connectivity index (χ1v) is 4.79. The smallest absolute Gasteiger partial charge is 0.0785 e. The minimum Gasteiger partial charge on any atom is -0.255 e. The Hall–Kier alpha value is -0.850. The van der Waals surface area contributed by atoms with Crippen molar-refractivity contribution in [3.63, 3.8) is 0 Å². The predicted octanol–water partition coefficient (Wildman–Crippen LogP) is 4.63. The highest BCUT2D eigenvalue weighted by atomic mass is 19.1. The highest BCUT2D eigenvalue weighted by molar-refractivity contribution is 5.11. The van der Waals surface area contributed by atoms with E-state index in [9.17, 15) is 4.39 Å². The fourth-order valence-corrected chi connectivity index (χ4v) is 0.534. The Bertz CT molecular complexity index is 135. The molecule has 0 spiro atoms. The molecule has 0 bridgehead atoms. The summed E-state index contributed by atoms with van der Waals surface area (Å²) in [6, 6.07) is 10.3. The van der Waals surface area contributed by atoms with Crippen LogP contribution in [0.2, 0.25) is 0 Å². The molecule has 0 unspecified atom stereocenters. The summed E-state index contributed by atoms with van der Waals surface area (Å²) in [7, 11) is 0.500. The number of rotatable bonds is 0. The molecule has 78 valence electrons. The molecule has 1 aromatic rings. The van der Waals surface area contributed by atoms with Crippen molar-refractivity contribution in [2.24, 2.45) is 0 Å². The molecule has 0 saturated carbocycles. The molecular weight excluding hydrogens is 163 g/mol. The van der Waals surface area contributed by atoms with E-state index in [1.54, 1.807) is 0 Å². The third kappa shape index (κ3) is 18.3. The van der Waals surface area contributed by atoms with Crippen LogP contribution in [0.4, 0.5) is 4.39 Å². The van der Waals surface area contributed by atoms with E-state index in [2.05, 4.69) is 19.1 Å². The summed E-state index contributed by atoms with van der Waals surface area (Å²) < 4.78 is 9.50. The summed E-state index contributed by atoms with van der Waals surface area (Å²) in [6.07, 6.45) is 0. The molecule has 0 aliphatic rings. The summed E-state index contributed by atoms with van der Waals surface area (Å²) in [5.74, 6) is 0. The molecule has 1 heteroatoms. The molecular formula is C12H23F. The number of halogens is 1. The van der Waals surface area contributed by atoms with Crippen LogP contribution in [0.15, 0.2) is 30.3 Å². The van der Waals surface area contributed by atoms with Crippen molar-refractivity contribution in [3.8, 4) is 0 Å². The van der Waals surface area contributed by atoms with Crippen molar-refractivity contribution in [2.75, 3.05) is 7.18 Å². The van der Waals surface area contributed by atoms with Gasteiger partial charge in [0.15, 0.2) is 0 Å². The second kappa shape index (κ2) is 22.5. The third-order valence-electron chi connectivity index (χ3n) is 0.940. The zero-order valence-electron chi connectivity index (χ0n) is 9.76. The average molecular weight is 186 g/mol. The normalized spacial score (nSPS) is 6.08. The van der Waals surface area contributed by atoms with Crippen LogP contribution in [-0.2, 0) is 0 Å². The highest BCUT2D eigenvalue weighted by Crippen LogP contribution is 1.92. The fourth-order valence-electron chi connectivity index (χ4n) is 0.534. The first-order chi connectivity index (χ1) is 6.39. The monoisotopic (exact) mass is 186 g/mol. The van der Waals surface area contributed by atoms with Crippen molar-refractivity contribution in [1.82, 2.24) is 0 Å². The SMILES string of the molecule is CC.CC.CF.Cc1ccccc1. The maximum absolute atomic E-state index is 9.50. The van der Waals surface area contributed by atoms with Gasteiger partial charge in [-0.05, 0) is 6.92 Å². The van der Waals surface area contributed by atoms with E-state index in [1.165, 1.54) is 5.56 Å². The van der Waals surface area contributed by atoms with Gasteiger partial charge < -0.3 is 0 Å². The molecule has 0 nitrogen and oxygen atoms in total. The zero-order valence-corrected chi connectivity index (χ0v) is 9.76. The first-order valence-electron chi connectivity index (χ1n) is 4.79. The summed E-state index contributed by atoms with van der Waals surface area (Å²) in [5, 5.41) is 0. The van der Waals surface area contributed by atoms with Crippen LogP contribution in [0.5, 0.6) is 0 Å². The Morgan fingerprint density at radius 2 is 1.08 bits per heavy atom. The van der Waals surface area contributed by atoms with E-state index in [0.717, 1.165) is 0 Å². The lowest BCUT2D eigenvalue weighted by molar-refractivity contribution is 0.636. The average Bonchev–Trinajstić information content (AvgIpc) is 2.28. The van der Waals surface area contributed by atoms with Crippen LogP contribution in [0.1, 0.15) is 33.3 Å². The summed E-state index contributed by atoms with van der Waals surface area (Å²) in [4.78, 5) is 0. The first kappa shape index (κ1) is 18.0. The molecule has 0 fully saturated rings. The van der Waals surface area contributed by atoms with Gasteiger partial charge in [-0.3, -0.25) is 4.39 Å². The second-order valence-electron chi connectivity index (χ2n) is 1.65. The van der Waals surface area contributed by atoms with Crippen molar-refractivity contribution >= 4 is 0 Å². The van der Waals surface area contributed by atoms with E-state index in [4.69, 9.17) is 0 Å². The molecule has 0 heterocycles. The lowest BCUT2D eigenvalue weighted by Gasteiger charge is -1.82. The van der Waals surface area contributed by atoms with Crippen LogP contribution in [-0.4, -0.2) is 7.18 Å². The molecule has 0 aliphatic carbocycles. The van der Waals surface area contributed by atoms with Gasteiger partial charge in [0.05, 0.1) is 7.18 Å². The summed E-state index contributed by atoms with van der Waals surface area (Å²) in [6.45, 7) is 10.1. The maximum Gasteiger partial charge on any atom is 0.0785 e. The molecule has 0 atom stereocenters. The molecule has 0 aromatic heterocycles. The molecule has 0 aliphatic heterocycles. The molecule has 0 N–H and O–H groups in total. The minimum atomic E-state index is 0.500. The van der Waals surface area contributed by atoms with Gasteiger partial charge in [0.2, 0.25) is 0 Å². The molecule has 1 aromatic carbocycles. The minimum absolute atomic E-state index is 0.500. The number of hydrogen-bond donors (Lipinski definition) is 0.